The van der Waals surface area contributed by atoms with E-state index in [9.17, 15) is 9.18 Å². The Labute approximate surface area is 132 Å². The maximum atomic E-state index is 12.8. The first kappa shape index (κ1) is 14.9. The number of halogens is 1. The predicted octanol–water partition coefficient (Wildman–Crippen LogP) is 3.15. The number of thiazole rings is 1. The van der Waals surface area contributed by atoms with E-state index in [4.69, 9.17) is 0 Å². The summed E-state index contributed by atoms with van der Waals surface area (Å²) in [6, 6.07) is 2.95. The summed E-state index contributed by atoms with van der Waals surface area (Å²) in [7, 11) is 0. The van der Waals surface area contributed by atoms with Crippen LogP contribution in [0.2, 0.25) is 0 Å². The van der Waals surface area contributed by atoms with Crippen LogP contribution in [0.25, 0.3) is 0 Å². The molecule has 2 aromatic heterocycles. The van der Waals surface area contributed by atoms with Gasteiger partial charge in [0, 0.05) is 31.3 Å². The van der Waals surface area contributed by atoms with Crippen LogP contribution in [-0.4, -0.2) is 33.9 Å². The average molecular weight is 320 g/mol. The van der Waals surface area contributed by atoms with Gasteiger partial charge in [0.2, 0.25) is 5.91 Å². The van der Waals surface area contributed by atoms with E-state index in [-0.39, 0.29) is 11.7 Å². The molecule has 116 valence electrons. The number of carbonyl (C=O) groups is 1. The molecule has 22 heavy (non-hydrogen) atoms. The molecule has 0 unspecified atom stereocenters. The van der Waals surface area contributed by atoms with E-state index in [1.165, 1.54) is 23.6 Å². The Morgan fingerprint density at radius 1 is 1.41 bits per heavy atom. The number of pyridine rings is 1. The highest BCUT2D eigenvalue weighted by Crippen LogP contribution is 2.31. The molecule has 1 amide bonds. The van der Waals surface area contributed by atoms with E-state index in [2.05, 4.69) is 15.3 Å². The standard InChI is InChI=1S/C15H17FN4OS/c1-10(21)20-6-4-11(5-7-20)13-9-22-15(18-13)19-14-3-2-12(16)8-17-14/h2-3,8-9,11H,4-7H2,1H3,(H,17,18,19). The molecule has 1 aliphatic heterocycles. The molecule has 0 radical (unpaired) electrons. The minimum atomic E-state index is -0.359. The average Bonchev–Trinajstić information content (AvgIpc) is 2.98. The van der Waals surface area contributed by atoms with Crippen LogP contribution >= 0.6 is 11.3 Å². The van der Waals surface area contributed by atoms with Crippen molar-refractivity contribution in [3.63, 3.8) is 0 Å². The summed E-state index contributed by atoms with van der Waals surface area (Å²) in [6.45, 7) is 3.19. The van der Waals surface area contributed by atoms with Crippen LogP contribution in [-0.2, 0) is 4.79 Å². The van der Waals surface area contributed by atoms with Crippen molar-refractivity contribution in [3.05, 3.63) is 35.2 Å². The van der Waals surface area contributed by atoms with E-state index >= 15 is 0 Å². The second-order valence-electron chi connectivity index (χ2n) is 5.34. The molecule has 0 saturated carbocycles. The zero-order chi connectivity index (χ0) is 15.5. The highest BCUT2D eigenvalue weighted by atomic mass is 32.1. The van der Waals surface area contributed by atoms with Crippen LogP contribution in [0.5, 0.6) is 0 Å². The monoisotopic (exact) mass is 320 g/mol. The van der Waals surface area contributed by atoms with E-state index in [0.29, 0.717) is 11.7 Å². The van der Waals surface area contributed by atoms with Crippen molar-refractivity contribution >= 4 is 28.2 Å². The van der Waals surface area contributed by atoms with Crippen molar-refractivity contribution < 1.29 is 9.18 Å². The van der Waals surface area contributed by atoms with Gasteiger partial charge in [0.25, 0.3) is 0 Å². The summed E-state index contributed by atoms with van der Waals surface area (Å²) in [5, 5.41) is 5.88. The number of rotatable bonds is 3. The third-order valence-electron chi connectivity index (χ3n) is 3.84. The topological polar surface area (TPSA) is 58.1 Å². The number of piperidine rings is 1. The highest BCUT2D eigenvalue weighted by Gasteiger charge is 2.23. The second-order valence-corrected chi connectivity index (χ2v) is 6.20. The van der Waals surface area contributed by atoms with Crippen molar-refractivity contribution in [2.75, 3.05) is 18.4 Å². The fourth-order valence-corrected chi connectivity index (χ4v) is 3.38. The van der Waals surface area contributed by atoms with Crippen LogP contribution in [0.1, 0.15) is 31.4 Å². The SMILES string of the molecule is CC(=O)N1CCC(c2csc(Nc3ccc(F)cn3)n2)CC1. The normalized spacial score (nSPS) is 15.8. The van der Waals surface area contributed by atoms with E-state index < -0.39 is 0 Å². The fraction of sp³-hybridized carbons (Fsp3) is 0.400. The number of nitrogens with zero attached hydrogens (tertiary/aromatic N) is 3. The maximum absolute atomic E-state index is 12.8. The van der Waals surface area contributed by atoms with Gasteiger partial charge in [-0.15, -0.1) is 11.3 Å². The van der Waals surface area contributed by atoms with E-state index in [1.807, 2.05) is 10.3 Å². The number of amides is 1. The van der Waals surface area contributed by atoms with Gasteiger partial charge in [0.15, 0.2) is 5.13 Å². The minimum absolute atomic E-state index is 0.140. The zero-order valence-corrected chi connectivity index (χ0v) is 13.1. The molecule has 1 saturated heterocycles. The Morgan fingerprint density at radius 2 is 2.18 bits per heavy atom. The van der Waals surface area contributed by atoms with Crippen molar-refractivity contribution in [3.8, 4) is 0 Å². The Morgan fingerprint density at radius 3 is 2.82 bits per heavy atom. The van der Waals surface area contributed by atoms with Gasteiger partial charge in [-0.1, -0.05) is 0 Å². The summed E-state index contributed by atoms with van der Waals surface area (Å²) < 4.78 is 12.8. The fourth-order valence-electron chi connectivity index (χ4n) is 2.58. The third kappa shape index (κ3) is 3.41. The Bertz CT molecular complexity index is 650. The third-order valence-corrected chi connectivity index (χ3v) is 4.62. The lowest BCUT2D eigenvalue weighted by Crippen LogP contribution is -2.36. The molecule has 5 nitrogen and oxygen atoms in total. The highest BCUT2D eigenvalue weighted by molar-refractivity contribution is 7.13. The van der Waals surface area contributed by atoms with Gasteiger partial charge in [-0.05, 0) is 25.0 Å². The molecule has 0 spiro atoms. The first-order chi connectivity index (χ1) is 10.6. The minimum Gasteiger partial charge on any atom is -0.343 e. The lowest BCUT2D eigenvalue weighted by atomic mass is 9.94. The molecule has 7 heteroatoms. The first-order valence-electron chi connectivity index (χ1n) is 7.21. The molecule has 0 atom stereocenters. The number of likely N-dealkylation sites (tertiary alicyclic amines) is 1. The lowest BCUT2D eigenvalue weighted by molar-refractivity contribution is -0.129. The molecule has 1 N–H and O–H groups in total. The molecule has 3 heterocycles. The summed E-state index contributed by atoms with van der Waals surface area (Å²) >= 11 is 1.51. The van der Waals surface area contributed by atoms with Gasteiger partial charge < -0.3 is 10.2 Å². The van der Waals surface area contributed by atoms with Crippen molar-refractivity contribution in [2.24, 2.45) is 0 Å². The van der Waals surface area contributed by atoms with Crippen molar-refractivity contribution in [1.82, 2.24) is 14.9 Å². The second kappa shape index (κ2) is 6.39. The molecule has 0 bridgehead atoms. The zero-order valence-electron chi connectivity index (χ0n) is 12.3. The molecule has 0 aliphatic carbocycles. The van der Waals surface area contributed by atoms with Crippen LogP contribution in [0, 0.1) is 5.82 Å². The summed E-state index contributed by atoms with van der Waals surface area (Å²) in [6.07, 6.45) is 3.06. The smallest absolute Gasteiger partial charge is 0.219 e. The molecule has 0 aromatic carbocycles. The summed E-state index contributed by atoms with van der Waals surface area (Å²) in [4.78, 5) is 21.8. The number of hydrogen-bond donors (Lipinski definition) is 1. The molecular weight excluding hydrogens is 303 g/mol. The molecule has 1 fully saturated rings. The van der Waals surface area contributed by atoms with E-state index in [0.717, 1.165) is 36.8 Å². The molecular formula is C15H17FN4OS. The number of carbonyl (C=O) groups excluding carboxylic acids is 1. The largest absolute Gasteiger partial charge is 0.343 e. The Hall–Kier alpha value is -2.02. The van der Waals surface area contributed by atoms with Gasteiger partial charge in [-0.2, -0.15) is 0 Å². The first-order valence-corrected chi connectivity index (χ1v) is 8.09. The Balaban J connectivity index is 1.62. The number of hydrogen-bond acceptors (Lipinski definition) is 5. The molecule has 2 aromatic rings. The summed E-state index contributed by atoms with van der Waals surface area (Å²) in [5.74, 6) is 0.751. The molecule has 1 aliphatic rings. The molecule has 3 rings (SSSR count). The van der Waals surface area contributed by atoms with Gasteiger partial charge in [-0.3, -0.25) is 4.79 Å². The predicted molar refractivity (Wildman–Crippen MR) is 83.8 cm³/mol. The van der Waals surface area contributed by atoms with E-state index in [1.54, 1.807) is 13.0 Å². The van der Waals surface area contributed by atoms with Crippen molar-refractivity contribution in [2.45, 2.75) is 25.7 Å². The van der Waals surface area contributed by atoms with Gasteiger partial charge in [0.05, 0.1) is 11.9 Å². The number of anilines is 2. The Kier molecular flexibility index (Phi) is 4.33. The van der Waals surface area contributed by atoms with Crippen LogP contribution in [0.15, 0.2) is 23.7 Å². The van der Waals surface area contributed by atoms with Crippen LogP contribution < -0.4 is 5.32 Å². The maximum Gasteiger partial charge on any atom is 0.219 e. The van der Waals surface area contributed by atoms with Crippen LogP contribution in [0.4, 0.5) is 15.3 Å². The quantitative estimate of drug-likeness (QED) is 0.944. The van der Waals surface area contributed by atoms with Gasteiger partial charge in [-0.25, -0.2) is 14.4 Å². The number of nitrogens with one attached hydrogen (secondary N) is 1. The van der Waals surface area contributed by atoms with Gasteiger partial charge >= 0.3 is 0 Å². The van der Waals surface area contributed by atoms with Crippen LogP contribution in [0.3, 0.4) is 0 Å². The van der Waals surface area contributed by atoms with Gasteiger partial charge in [0.1, 0.15) is 11.6 Å². The lowest BCUT2D eigenvalue weighted by Gasteiger charge is -2.30. The summed E-state index contributed by atoms with van der Waals surface area (Å²) in [5.41, 5.74) is 1.05. The van der Waals surface area contributed by atoms with Crippen molar-refractivity contribution in [1.29, 1.82) is 0 Å². The number of aromatic nitrogens is 2.